The molecule has 0 amide bonds. The topological polar surface area (TPSA) is 161 Å². The lowest BCUT2D eigenvalue weighted by Gasteiger charge is -2.33. The fourth-order valence-corrected chi connectivity index (χ4v) is 5.33. The Labute approximate surface area is 241 Å². The number of carbonyl (C=O) groups is 1. The first kappa shape index (κ1) is 33.7. The third kappa shape index (κ3) is 9.45. The van der Waals surface area contributed by atoms with Crippen LogP contribution in [0.5, 0.6) is 5.75 Å². The maximum Gasteiger partial charge on any atom is 0.320 e. The standard InChI is InChI=1S/C26H33N5O5S.2ClH/c1-18-15-22(8-9-24(18)36-23-10-13-30(14-11-23)19(2)27)31(37(34,35)17-25(32)33)12-4-6-20-5-3-7-21(16-20)26(28)29;;/h3-9,15-16,23,27H,10-14,17H2,1-2H3,(H3,28,29)(H,32,33);2*1H/b6-4+,27-19?;;. The molecule has 0 aliphatic carbocycles. The van der Waals surface area contributed by atoms with Gasteiger partial charge in [0.25, 0.3) is 0 Å². The molecule has 0 saturated carbocycles. The lowest BCUT2D eigenvalue weighted by molar-refractivity contribution is -0.134. The smallest absolute Gasteiger partial charge is 0.320 e. The van der Waals surface area contributed by atoms with Crippen molar-refractivity contribution in [1.82, 2.24) is 4.90 Å². The Morgan fingerprint density at radius 3 is 2.41 bits per heavy atom. The maximum atomic E-state index is 12.9. The Hall–Kier alpha value is -3.28. The zero-order valence-electron chi connectivity index (χ0n) is 21.8. The molecular formula is C26H35Cl2N5O5S. The molecule has 0 aromatic heterocycles. The van der Waals surface area contributed by atoms with Crippen LogP contribution in [0.1, 0.15) is 36.5 Å². The molecule has 0 unspecified atom stereocenters. The molecule has 0 spiro atoms. The van der Waals surface area contributed by atoms with Crippen molar-refractivity contribution in [3.8, 4) is 5.75 Å². The van der Waals surface area contributed by atoms with Crippen LogP contribution < -0.4 is 14.8 Å². The van der Waals surface area contributed by atoms with Crippen molar-refractivity contribution in [3.05, 3.63) is 65.2 Å². The van der Waals surface area contributed by atoms with E-state index in [0.29, 0.717) is 22.8 Å². The van der Waals surface area contributed by atoms with Crippen LogP contribution in [0.2, 0.25) is 0 Å². The number of piperidine rings is 1. The number of aliphatic carboxylic acids is 1. The molecule has 39 heavy (non-hydrogen) atoms. The van der Waals surface area contributed by atoms with E-state index in [1.54, 1.807) is 61.5 Å². The third-order valence-corrected chi connectivity index (χ3v) is 7.72. The average Bonchev–Trinajstić information content (AvgIpc) is 2.83. The van der Waals surface area contributed by atoms with Crippen molar-refractivity contribution in [3.63, 3.8) is 0 Å². The Morgan fingerprint density at radius 2 is 1.85 bits per heavy atom. The van der Waals surface area contributed by atoms with Crippen molar-refractivity contribution >= 4 is 64.2 Å². The molecule has 1 aliphatic heterocycles. The van der Waals surface area contributed by atoms with E-state index >= 15 is 0 Å². The third-order valence-electron chi connectivity index (χ3n) is 6.08. The van der Waals surface area contributed by atoms with Gasteiger partial charge in [-0.2, -0.15) is 0 Å². The number of anilines is 1. The quantitative estimate of drug-likeness (QED) is 0.238. The second-order valence-electron chi connectivity index (χ2n) is 8.96. The van der Waals surface area contributed by atoms with Crippen LogP contribution in [0.3, 0.4) is 0 Å². The molecule has 0 atom stereocenters. The number of nitrogens with zero attached hydrogens (tertiary/aromatic N) is 2. The number of benzene rings is 2. The van der Waals surface area contributed by atoms with Gasteiger partial charge >= 0.3 is 5.97 Å². The Balaban J connectivity index is 0.00000380. The normalized spacial score (nSPS) is 13.7. The summed E-state index contributed by atoms with van der Waals surface area (Å²) in [6, 6.07) is 11.9. The number of hydrogen-bond acceptors (Lipinski definition) is 6. The van der Waals surface area contributed by atoms with Gasteiger partial charge in [-0.05, 0) is 49.2 Å². The molecule has 13 heteroatoms. The summed E-state index contributed by atoms with van der Waals surface area (Å²) >= 11 is 0. The van der Waals surface area contributed by atoms with Crippen LogP contribution in [0.4, 0.5) is 5.69 Å². The van der Waals surface area contributed by atoms with Gasteiger partial charge in [-0.15, -0.1) is 24.8 Å². The zero-order valence-corrected chi connectivity index (χ0v) is 24.2. The predicted molar refractivity (Wildman–Crippen MR) is 160 cm³/mol. The number of nitrogen functional groups attached to an aromatic ring is 1. The molecule has 10 nitrogen and oxygen atoms in total. The van der Waals surface area contributed by atoms with Crippen LogP contribution >= 0.6 is 24.8 Å². The number of likely N-dealkylation sites (tertiary alicyclic amines) is 1. The number of nitrogens with two attached hydrogens (primary N) is 1. The molecule has 214 valence electrons. The summed E-state index contributed by atoms with van der Waals surface area (Å²) in [5, 5.41) is 24.5. The number of nitrogens with one attached hydrogen (secondary N) is 2. The SMILES string of the molecule is CC(=N)N1CCC(Oc2ccc(N(C/C=C/c3cccc(C(=N)N)c3)S(=O)(=O)CC(=O)O)cc2C)CC1.Cl.Cl. The summed E-state index contributed by atoms with van der Waals surface area (Å²) in [5.41, 5.74) is 7.88. The number of carboxylic acids is 1. The summed E-state index contributed by atoms with van der Waals surface area (Å²) in [5.74, 6) is -1.37. The van der Waals surface area contributed by atoms with E-state index < -0.39 is 21.7 Å². The van der Waals surface area contributed by atoms with Crippen molar-refractivity contribution in [2.45, 2.75) is 32.8 Å². The van der Waals surface area contributed by atoms with Gasteiger partial charge in [0.05, 0.1) is 18.1 Å². The molecule has 5 N–H and O–H groups in total. The highest BCUT2D eigenvalue weighted by Gasteiger charge is 2.26. The van der Waals surface area contributed by atoms with E-state index in [1.165, 1.54) is 0 Å². The summed E-state index contributed by atoms with van der Waals surface area (Å²) in [6.45, 7) is 5.01. The number of sulfonamides is 1. The fourth-order valence-electron chi connectivity index (χ4n) is 4.12. The van der Waals surface area contributed by atoms with Crippen LogP contribution in [-0.2, 0) is 14.8 Å². The molecular weight excluding hydrogens is 565 g/mol. The zero-order chi connectivity index (χ0) is 27.2. The number of hydrogen-bond donors (Lipinski definition) is 4. The molecule has 1 heterocycles. The highest BCUT2D eigenvalue weighted by atomic mass is 35.5. The van der Waals surface area contributed by atoms with Gasteiger partial charge in [0.2, 0.25) is 10.0 Å². The van der Waals surface area contributed by atoms with Crippen LogP contribution in [0.25, 0.3) is 6.08 Å². The van der Waals surface area contributed by atoms with E-state index in [-0.39, 0.29) is 43.3 Å². The average molecular weight is 601 g/mol. The number of carboxylic acid groups (broad SMARTS) is 1. The first-order valence-corrected chi connectivity index (χ1v) is 13.5. The highest BCUT2D eigenvalue weighted by molar-refractivity contribution is 7.93. The van der Waals surface area contributed by atoms with Crippen LogP contribution in [0.15, 0.2) is 48.5 Å². The number of ether oxygens (including phenoxy) is 1. The molecule has 1 aliphatic rings. The number of halogens is 2. The van der Waals surface area contributed by atoms with Gasteiger partial charge < -0.3 is 20.5 Å². The summed E-state index contributed by atoms with van der Waals surface area (Å²) < 4.78 is 33.1. The van der Waals surface area contributed by atoms with Crippen molar-refractivity contribution in [1.29, 1.82) is 10.8 Å². The Bertz CT molecular complexity index is 1310. The number of amidine groups is 2. The van der Waals surface area contributed by atoms with E-state index in [2.05, 4.69) is 0 Å². The van der Waals surface area contributed by atoms with E-state index in [0.717, 1.165) is 41.4 Å². The maximum absolute atomic E-state index is 12.9. The fraction of sp³-hybridized carbons (Fsp3) is 0.346. The Kier molecular flexibility index (Phi) is 12.8. The van der Waals surface area contributed by atoms with Crippen LogP contribution in [-0.4, -0.2) is 67.6 Å². The largest absolute Gasteiger partial charge is 0.490 e. The second kappa shape index (κ2) is 14.8. The van der Waals surface area contributed by atoms with Gasteiger partial charge in [-0.25, -0.2) is 8.42 Å². The first-order chi connectivity index (χ1) is 17.5. The molecule has 1 fully saturated rings. The molecule has 1 saturated heterocycles. The molecule has 0 bridgehead atoms. The summed E-state index contributed by atoms with van der Waals surface area (Å²) in [6.07, 6.45) is 4.89. The van der Waals surface area contributed by atoms with E-state index in [1.807, 2.05) is 11.8 Å². The van der Waals surface area contributed by atoms with Gasteiger partial charge in [-0.1, -0.05) is 30.4 Å². The minimum Gasteiger partial charge on any atom is -0.490 e. The van der Waals surface area contributed by atoms with Gasteiger partial charge in [0.15, 0.2) is 5.75 Å². The number of rotatable bonds is 10. The van der Waals surface area contributed by atoms with Crippen molar-refractivity contribution in [2.24, 2.45) is 5.73 Å². The van der Waals surface area contributed by atoms with Gasteiger partial charge in [0, 0.05) is 31.5 Å². The summed E-state index contributed by atoms with van der Waals surface area (Å²) in [7, 11) is -4.16. The lowest BCUT2D eigenvalue weighted by Crippen LogP contribution is -2.40. The molecule has 2 aromatic carbocycles. The van der Waals surface area contributed by atoms with Crippen molar-refractivity contribution < 1.29 is 23.1 Å². The first-order valence-electron chi connectivity index (χ1n) is 11.9. The predicted octanol–water partition coefficient (Wildman–Crippen LogP) is 3.90. The molecule has 2 aromatic rings. The molecule has 3 rings (SSSR count). The monoisotopic (exact) mass is 599 g/mol. The Morgan fingerprint density at radius 1 is 1.18 bits per heavy atom. The van der Waals surface area contributed by atoms with Crippen LogP contribution in [0, 0.1) is 17.7 Å². The minimum atomic E-state index is -4.16. The second-order valence-corrected chi connectivity index (χ2v) is 10.9. The van der Waals surface area contributed by atoms with Crippen molar-refractivity contribution in [2.75, 3.05) is 29.7 Å². The van der Waals surface area contributed by atoms with Gasteiger partial charge in [0.1, 0.15) is 17.7 Å². The molecule has 0 radical (unpaired) electrons. The van der Waals surface area contributed by atoms with Gasteiger partial charge in [-0.3, -0.25) is 19.9 Å². The number of aryl methyl sites for hydroxylation is 1. The van der Waals surface area contributed by atoms with E-state index in [9.17, 15) is 18.3 Å². The lowest BCUT2D eigenvalue weighted by atomic mass is 10.1. The highest BCUT2D eigenvalue weighted by Crippen LogP contribution is 2.29. The minimum absolute atomic E-state index is 0. The van der Waals surface area contributed by atoms with E-state index in [4.69, 9.17) is 21.3 Å². The summed E-state index contributed by atoms with van der Waals surface area (Å²) in [4.78, 5) is 13.3.